The van der Waals surface area contributed by atoms with Gasteiger partial charge in [0.1, 0.15) is 6.10 Å². The molecule has 2 amide bonds. The molecule has 1 atom stereocenters. The van der Waals surface area contributed by atoms with Gasteiger partial charge >= 0.3 is 5.97 Å². The summed E-state index contributed by atoms with van der Waals surface area (Å²) in [5, 5.41) is 15.7. The molecule has 0 unspecified atom stereocenters. The van der Waals surface area contributed by atoms with Crippen LogP contribution < -0.4 is 10.6 Å². The number of amides is 2. The number of nitrogens with one attached hydrogen (secondary N) is 2. The fraction of sp³-hybridized carbons (Fsp3) is 0.639. The average molecular weight is 637 g/mol. The zero-order valence-electron chi connectivity index (χ0n) is 29.0. The normalized spacial score (nSPS) is 12.3. The van der Waals surface area contributed by atoms with Crippen LogP contribution in [0.15, 0.2) is 60.8 Å². The molecule has 254 valence electrons. The molecular weight excluding hydrogens is 572 g/mol. The molecule has 8 heteroatoms. The van der Waals surface area contributed by atoms with Crippen LogP contribution in [0.4, 0.5) is 0 Å². The van der Waals surface area contributed by atoms with Crippen LogP contribution >= 0.6 is 11.8 Å². The van der Waals surface area contributed by atoms with Crippen LogP contribution in [0.3, 0.4) is 0 Å². The molecule has 3 N–H and O–H groups in total. The van der Waals surface area contributed by atoms with Gasteiger partial charge in [-0.05, 0) is 51.2 Å². The number of hydrogen-bond acceptors (Lipinski definition) is 6. The molecule has 7 nitrogen and oxygen atoms in total. The van der Waals surface area contributed by atoms with Crippen LogP contribution in [-0.2, 0) is 19.1 Å². The minimum absolute atomic E-state index is 0.0722. The van der Waals surface area contributed by atoms with Crippen molar-refractivity contribution in [3.63, 3.8) is 0 Å². The van der Waals surface area contributed by atoms with Gasteiger partial charge in [0.05, 0.1) is 6.61 Å². The molecule has 0 radical (unpaired) electrons. The maximum absolute atomic E-state index is 12.3. The molecule has 0 aromatic rings. The number of unbranched alkanes of at least 4 members (excludes halogenated alkanes) is 1. The highest BCUT2D eigenvalue weighted by Gasteiger charge is 2.34. The molecule has 0 rings (SSSR count). The van der Waals surface area contributed by atoms with E-state index in [-0.39, 0.29) is 37.9 Å². The number of rotatable bonds is 23. The molecule has 0 aliphatic heterocycles. The van der Waals surface area contributed by atoms with Crippen molar-refractivity contribution in [2.75, 3.05) is 31.7 Å². The lowest BCUT2D eigenvalue weighted by atomic mass is 9.87. The van der Waals surface area contributed by atoms with Gasteiger partial charge in [0.15, 0.2) is 0 Å². The molecule has 44 heavy (non-hydrogen) atoms. The SMILES string of the molecule is CC.CC.CC/C=C\C/C=C\C/C=C\C/C=C\C/C=C\CCCC(=O)OCC(C)(C)[C@@H](O)C(=O)NCCC(=O)NCCSC. The highest BCUT2D eigenvalue weighted by atomic mass is 32.2. The standard InChI is InChI=1S/C32H52N2O5S.2C2H6/c1-5-6-7-8-9-10-11-12-13-14-15-16-17-18-19-20-21-22-29(36)39-27-32(2,3)30(37)31(38)34-24-23-28(35)33-25-26-40-4;2*1-2/h6-7,9-10,12-13,15-16,18-19,30,37H,5,8,11,14,17,20-27H2,1-4H3,(H,33,35)(H,34,38);2*1-2H3/b7-6-,10-9-,13-12-,16-15-,19-18-;;/t30-;;/m0../s1. The number of esters is 1. The van der Waals surface area contributed by atoms with Crippen LogP contribution in [0.25, 0.3) is 0 Å². The van der Waals surface area contributed by atoms with Gasteiger partial charge in [-0.2, -0.15) is 11.8 Å². The third-order valence-corrected chi connectivity index (χ3v) is 6.40. The molecule has 0 aromatic carbocycles. The van der Waals surface area contributed by atoms with Crippen molar-refractivity contribution in [2.24, 2.45) is 5.41 Å². The number of carbonyl (C=O) groups is 3. The third-order valence-electron chi connectivity index (χ3n) is 5.78. The van der Waals surface area contributed by atoms with Gasteiger partial charge in [-0.15, -0.1) is 0 Å². The van der Waals surface area contributed by atoms with Gasteiger partial charge < -0.3 is 20.5 Å². The molecule has 0 aliphatic carbocycles. The Morgan fingerprint density at radius 1 is 0.773 bits per heavy atom. The van der Waals surface area contributed by atoms with Crippen LogP contribution in [0.5, 0.6) is 0 Å². The Hall–Kier alpha value is -2.58. The molecule has 0 saturated carbocycles. The smallest absolute Gasteiger partial charge is 0.305 e. The van der Waals surface area contributed by atoms with E-state index in [2.05, 4.69) is 78.3 Å². The first-order valence-corrected chi connectivity index (χ1v) is 17.8. The first kappa shape index (κ1) is 45.8. The zero-order valence-corrected chi connectivity index (χ0v) is 29.8. The van der Waals surface area contributed by atoms with Crippen LogP contribution in [0.1, 0.15) is 106 Å². The van der Waals surface area contributed by atoms with E-state index in [0.717, 1.165) is 44.3 Å². The summed E-state index contributed by atoms with van der Waals surface area (Å²) in [5.74, 6) is -0.263. The summed E-state index contributed by atoms with van der Waals surface area (Å²) < 4.78 is 5.31. The second-order valence-corrected chi connectivity index (χ2v) is 11.0. The van der Waals surface area contributed by atoms with E-state index in [0.29, 0.717) is 13.0 Å². The number of hydrogen-bond donors (Lipinski definition) is 3. The Labute approximate surface area is 274 Å². The Kier molecular flexibility index (Phi) is 36.4. The van der Waals surface area contributed by atoms with Crippen LogP contribution in [0.2, 0.25) is 0 Å². The summed E-state index contributed by atoms with van der Waals surface area (Å²) in [6, 6.07) is 0. The Morgan fingerprint density at radius 2 is 1.27 bits per heavy atom. The Balaban J connectivity index is -0.00000402. The maximum atomic E-state index is 12.3. The van der Waals surface area contributed by atoms with E-state index in [1.165, 1.54) is 0 Å². The van der Waals surface area contributed by atoms with E-state index < -0.39 is 17.4 Å². The summed E-state index contributed by atoms with van der Waals surface area (Å²) in [4.78, 5) is 36.1. The highest BCUT2D eigenvalue weighted by Crippen LogP contribution is 2.22. The van der Waals surface area contributed by atoms with Crippen molar-refractivity contribution in [3.8, 4) is 0 Å². The van der Waals surface area contributed by atoms with E-state index >= 15 is 0 Å². The lowest BCUT2D eigenvalue weighted by Crippen LogP contribution is -2.47. The molecular formula is C36H64N2O5S. The monoisotopic (exact) mass is 636 g/mol. The summed E-state index contributed by atoms with van der Waals surface area (Å²) in [6.45, 7) is 14.1. The van der Waals surface area contributed by atoms with Gasteiger partial charge in [0.25, 0.3) is 0 Å². The lowest BCUT2D eigenvalue weighted by Gasteiger charge is -2.29. The second kappa shape index (κ2) is 34.9. The summed E-state index contributed by atoms with van der Waals surface area (Å²) in [6.07, 6.45) is 28.8. The summed E-state index contributed by atoms with van der Waals surface area (Å²) in [7, 11) is 0. The number of aliphatic hydroxyl groups is 1. The number of allylic oxidation sites excluding steroid dienone is 10. The van der Waals surface area contributed by atoms with Crippen molar-refractivity contribution in [2.45, 2.75) is 112 Å². The van der Waals surface area contributed by atoms with Gasteiger partial charge in [-0.1, -0.05) is 109 Å². The van der Waals surface area contributed by atoms with E-state index in [1.54, 1.807) is 25.6 Å². The van der Waals surface area contributed by atoms with Gasteiger partial charge in [0, 0.05) is 37.1 Å². The molecule has 0 aliphatic rings. The van der Waals surface area contributed by atoms with Crippen molar-refractivity contribution >= 4 is 29.5 Å². The highest BCUT2D eigenvalue weighted by molar-refractivity contribution is 7.98. The Morgan fingerprint density at radius 3 is 1.77 bits per heavy atom. The predicted octanol–water partition coefficient (Wildman–Crippen LogP) is 7.88. The number of aliphatic hydroxyl groups excluding tert-OH is 1. The summed E-state index contributed by atoms with van der Waals surface area (Å²) >= 11 is 1.64. The van der Waals surface area contributed by atoms with Gasteiger partial charge in [-0.25, -0.2) is 0 Å². The fourth-order valence-corrected chi connectivity index (χ4v) is 3.59. The van der Waals surface area contributed by atoms with Gasteiger partial charge in [-0.3, -0.25) is 14.4 Å². The molecule has 0 saturated heterocycles. The summed E-state index contributed by atoms with van der Waals surface area (Å²) in [5.41, 5.74) is -0.954. The minimum atomic E-state index is -1.36. The first-order chi connectivity index (χ1) is 21.2. The molecule has 0 spiro atoms. The van der Waals surface area contributed by atoms with Gasteiger partial charge in [0.2, 0.25) is 11.8 Å². The van der Waals surface area contributed by atoms with Crippen LogP contribution in [0, 0.1) is 5.41 Å². The first-order valence-electron chi connectivity index (χ1n) is 16.4. The maximum Gasteiger partial charge on any atom is 0.305 e. The van der Waals surface area contributed by atoms with E-state index in [4.69, 9.17) is 4.74 Å². The molecule has 0 aromatic heterocycles. The predicted molar refractivity (Wildman–Crippen MR) is 191 cm³/mol. The Bertz CT molecular complexity index is 847. The van der Waals surface area contributed by atoms with Crippen molar-refractivity contribution < 1.29 is 24.2 Å². The van der Waals surface area contributed by atoms with E-state index in [1.807, 2.05) is 34.0 Å². The largest absolute Gasteiger partial charge is 0.465 e. The zero-order chi connectivity index (χ0) is 33.9. The molecule has 0 fully saturated rings. The molecule has 0 bridgehead atoms. The lowest BCUT2D eigenvalue weighted by molar-refractivity contribution is -0.153. The third kappa shape index (κ3) is 30.9. The topological polar surface area (TPSA) is 105 Å². The van der Waals surface area contributed by atoms with Crippen molar-refractivity contribution in [3.05, 3.63) is 60.8 Å². The average Bonchev–Trinajstić information content (AvgIpc) is 3.03. The van der Waals surface area contributed by atoms with E-state index in [9.17, 15) is 19.5 Å². The molecule has 0 heterocycles. The number of ether oxygens (including phenoxy) is 1. The number of thioether (sulfide) groups is 1. The van der Waals surface area contributed by atoms with Crippen LogP contribution in [-0.4, -0.2) is 60.7 Å². The minimum Gasteiger partial charge on any atom is -0.465 e. The van der Waals surface area contributed by atoms with Crippen molar-refractivity contribution in [1.29, 1.82) is 0 Å². The van der Waals surface area contributed by atoms with Crippen molar-refractivity contribution in [1.82, 2.24) is 10.6 Å². The number of carbonyl (C=O) groups excluding carboxylic acids is 3. The fourth-order valence-electron chi connectivity index (χ4n) is 3.28. The second-order valence-electron chi connectivity index (χ2n) is 10.0. The quantitative estimate of drug-likeness (QED) is 0.0599.